The predicted octanol–water partition coefficient (Wildman–Crippen LogP) is 2.41. The van der Waals surface area contributed by atoms with Gasteiger partial charge in [0, 0.05) is 6.54 Å². The van der Waals surface area contributed by atoms with E-state index in [9.17, 15) is 0 Å². The third-order valence-electron chi connectivity index (χ3n) is 2.77. The second-order valence-electron chi connectivity index (χ2n) is 3.98. The molecule has 0 amide bonds. The monoisotopic (exact) mass is 180 g/mol. The Labute approximate surface area is 81.5 Å². The maximum atomic E-state index is 8.80. The van der Waals surface area contributed by atoms with Crippen LogP contribution >= 0.6 is 0 Å². The molecular formula is C11H20N2. The third kappa shape index (κ3) is 3.78. The lowest BCUT2D eigenvalue weighted by Gasteiger charge is -2.29. The lowest BCUT2D eigenvalue weighted by atomic mass is 9.99. The molecule has 0 aromatic carbocycles. The molecule has 0 aliphatic carbocycles. The van der Waals surface area contributed by atoms with E-state index in [0.29, 0.717) is 5.92 Å². The first-order valence-corrected chi connectivity index (χ1v) is 5.48. The average Bonchev–Trinajstić information content (AvgIpc) is 2.19. The van der Waals surface area contributed by atoms with Crippen LogP contribution in [-0.4, -0.2) is 24.5 Å². The second kappa shape index (κ2) is 5.99. The third-order valence-corrected chi connectivity index (χ3v) is 2.77. The Kier molecular flexibility index (Phi) is 4.85. The van der Waals surface area contributed by atoms with E-state index in [1.54, 1.807) is 0 Å². The molecule has 0 aromatic heterocycles. The smallest absolute Gasteiger partial charge is 0.0669 e. The van der Waals surface area contributed by atoms with Crippen molar-refractivity contribution < 1.29 is 0 Å². The number of hydrogen-bond donors (Lipinski definition) is 0. The van der Waals surface area contributed by atoms with Gasteiger partial charge in [0.2, 0.25) is 0 Å². The molecule has 1 fully saturated rings. The highest BCUT2D eigenvalue weighted by molar-refractivity contribution is 4.88. The Balaban J connectivity index is 2.15. The van der Waals surface area contributed by atoms with Crippen molar-refractivity contribution in [3.63, 3.8) is 0 Å². The van der Waals surface area contributed by atoms with E-state index < -0.39 is 0 Å². The fourth-order valence-corrected chi connectivity index (χ4v) is 1.95. The number of unbranched alkanes of at least 4 members (excludes halogenated alkanes) is 2. The van der Waals surface area contributed by atoms with Crippen molar-refractivity contribution in [2.24, 2.45) is 5.92 Å². The Hall–Kier alpha value is -0.550. The first-order chi connectivity index (χ1) is 6.36. The number of rotatable bonds is 4. The molecule has 0 spiro atoms. The molecule has 1 aliphatic rings. The van der Waals surface area contributed by atoms with Crippen LogP contribution in [0.4, 0.5) is 0 Å². The molecule has 1 saturated heterocycles. The van der Waals surface area contributed by atoms with Crippen LogP contribution in [0.1, 0.15) is 39.0 Å². The van der Waals surface area contributed by atoms with Gasteiger partial charge in [-0.3, -0.25) is 0 Å². The van der Waals surface area contributed by atoms with Crippen molar-refractivity contribution >= 4 is 0 Å². The minimum absolute atomic E-state index is 0.301. The minimum atomic E-state index is 0.301. The van der Waals surface area contributed by atoms with Gasteiger partial charge in [-0.05, 0) is 32.4 Å². The summed E-state index contributed by atoms with van der Waals surface area (Å²) in [5.74, 6) is 0.301. The highest BCUT2D eigenvalue weighted by Gasteiger charge is 2.18. The normalized spacial score (nSPS) is 24.2. The van der Waals surface area contributed by atoms with Crippen LogP contribution in [0.5, 0.6) is 0 Å². The Bertz CT molecular complexity index is 171. The molecule has 0 N–H and O–H groups in total. The van der Waals surface area contributed by atoms with Crippen molar-refractivity contribution in [2.75, 3.05) is 19.6 Å². The highest BCUT2D eigenvalue weighted by atomic mass is 15.1. The summed E-state index contributed by atoms with van der Waals surface area (Å²) in [4.78, 5) is 2.45. The number of nitriles is 1. The van der Waals surface area contributed by atoms with E-state index in [2.05, 4.69) is 17.9 Å². The van der Waals surface area contributed by atoms with Gasteiger partial charge in [-0.2, -0.15) is 5.26 Å². The van der Waals surface area contributed by atoms with Gasteiger partial charge >= 0.3 is 0 Å². The molecule has 2 heteroatoms. The van der Waals surface area contributed by atoms with Crippen molar-refractivity contribution in [2.45, 2.75) is 39.0 Å². The van der Waals surface area contributed by atoms with Gasteiger partial charge < -0.3 is 4.90 Å². The molecule has 1 aliphatic heterocycles. The van der Waals surface area contributed by atoms with E-state index in [4.69, 9.17) is 5.26 Å². The van der Waals surface area contributed by atoms with Crippen molar-refractivity contribution in [1.82, 2.24) is 4.90 Å². The van der Waals surface area contributed by atoms with E-state index in [0.717, 1.165) is 13.0 Å². The maximum Gasteiger partial charge on any atom is 0.0669 e. The van der Waals surface area contributed by atoms with Gasteiger partial charge in [-0.25, -0.2) is 0 Å². The SMILES string of the molecule is CCCCCN1CCCC(C#N)C1. The molecule has 2 nitrogen and oxygen atoms in total. The zero-order valence-electron chi connectivity index (χ0n) is 8.63. The van der Waals surface area contributed by atoms with Crippen LogP contribution in [0, 0.1) is 17.2 Å². The van der Waals surface area contributed by atoms with E-state index in [1.165, 1.54) is 38.8 Å². The first-order valence-electron chi connectivity index (χ1n) is 5.48. The number of nitrogens with zero attached hydrogens (tertiary/aromatic N) is 2. The molecule has 0 bridgehead atoms. The van der Waals surface area contributed by atoms with Crippen LogP contribution in [0.3, 0.4) is 0 Å². The Morgan fingerprint density at radius 2 is 2.31 bits per heavy atom. The van der Waals surface area contributed by atoms with Crippen LogP contribution in [0.15, 0.2) is 0 Å². The topological polar surface area (TPSA) is 27.0 Å². The molecule has 1 unspecified atom stereocenters. The fourth-order valence-electron chi connectivity index (χ4n) is 1.95. The lowest BCUT2D eigenvalue weighted by molar-refractivity contribution is 0.196. The zero-order valence-corrected chi connectivity index (χ0v) is 8.63. The van der Waals surface area contributed by atoms with Crippen molar-refractivity contribution in [3.8, 4) is 6.07 Å². The highest BCUT2D eigenvalue weighted by Crippen LogP contribution is 2.15. The Morgan fingerprint density at radius 3 is 3.00 bits per heavy atom. The molecule has 0 radical (unpaired) electrons. The number of piperidine rings is 1. The van der Waals surface area contributed by atoms with Crippen LogP contribution in [-0.2, 0) is 0 Å². The average molecular weight is 180 g/mol. The number of likely N-dealkylation sites (tertiary alicyclic amines) is 1. The van der Waals surface area contributed by atoms with Crippen LogP contribution in [0.25, 0.3) is 0 Å². The number of hydrogen-bond acceptors (Lipinski definition) is 2. The molecule has 1 rings (SSSR count). The van der Waals surface area contributed by atoms with Crippen molar-refractivity contribution in [1.29, 1.82) is 5.26 Å². The van der Waals surface area contributed by atoms with Gasteiger partial charge in [-0.15, -0.1) is 0 Å². The van der Waals surface area contributed by atoms with Gasteiger partial charge in [0.25, 0.3) is 0 Å². The van der Waals surface area contributed by atoms with E-state index >= 15 is 0 Å². The zero-order chi connectivity index (χ0) is 9.52. The summed E-state index contributed by atoms with van der Waals surface area (Å²) in [5, 5.41) is 8.80. The van der Waals surface area contributed by atoms with Gasteiger partial charge in [-0.1, -0.05) is 19.8 Å². The summed E-state index contributed by atoms with van der Waals surface area (Å²) >= 11 is 0. The molecule has 0 aromatic rings. The lowest BCUT2D eigenvalue weighted by Crippen LogP contribution is -2.35. The summed E-state index contributed by atoms with van der Waals surface area (Å²) < 4.78 is 0. The summed E-state index contributed by atoms with van der Waals surface area (Å²) in [6, 6.07) is 2.38. The van der Waals surface area contributed by atoms with Crippen molar-refractivity contribution in [3.05, 3.63) is 0 Å². The molecule has 13 heavy (non-hydrogen) atoms. The molecule has 0 saturated carbocycles. The largest absolute Gasteiger partial charge is 0.302 e. The predicted molar refractivity (Wildman–Crippen MR) is 54.3 cm³/mol. The summed E-state index contributed by atoms with van der Waals surface area (Å²) in [5.41, 5.74) is 0. The molecular weight excluding hydrogens is 160 g/mol. The second-order valence-corrected chi connectivity index (χ2v) is 3.98. The fraction of sp³-hybridized carbons (Fsp3) is 0.909. The molecule has 1 heterocycles. The Morgan fingerprint density at radius 1 is 1.46 bits per heavy atom. The van der Waals surface area contributed by atoms with Gasteiger partial charge in [0.1, 0.15) is 0 Å². The summed E-state index contributed by atoms with van der Waals surface area (Å²) in [7, 11) is 0. The molecule has 1 atom stereocenters. The first kappa shape index (κ1) is 10.5. The van der Waals surface area contributed by atoms with E-state index in [-0.39, 0.29) is 0 Å². The summed E-state index contributed by atoms with van der Waals surface area (Å²) in [6.45, 7) is 5.66. The summed E-state index contributed by atoms with van der Waals surface area (Å²) in [6.07, 6.45) is 6.24. The standard InChI is InChI=1S/C11H20N2/c1-2-3-4-7-13-8-5-6-11(9-12)10-13/h11H,2-8,10H2,1H3. The molecule has 74 valence electrons. The van der Waals surface area contributed by atoms with Crippen LogP contribution in [0.2, 0.25) is 0 Å². The van der Waals surface area contributed by atoms with E-state index in [1.807, 2.05) is 0 Å². The van der Waals surface area contributed by atoms with Crippen LogP contribution < -0.4 is 0 Å². The maximum absolute atomic E-state index is 8.80. The van der Waals surface area contributed by atoms with Gasteiger partial charge in [0.15, 0.2) is 0 Å². The minimum Gasteiger partial charge on any atom is -0.302 e. The quantitative estimate of drug-likeness (QED) is 0.621. The van der Waals surface area contributed by atoms with Gasteiger partial charge in [0.05, 0.1) is 12.0 Å².